The Morgan fingerprint density at radius 1 is 0.529 bits per heavy atom. The first-order chi connectivity index (χ1) is 25.2. The minimum Gasteiger partial charge on any atom is -0.456 e. The maximum atomic E-state index is 6.78. The molecular weight excluding hydrogens is 647 g/mol. The van der Waals surface area contributed by atoms with Crippen molar-refractivity contribution in [3.63, 3.8) is 0 Å². The van der Waals surface area contributed by atoms with Gasteiger partial charge in [-0.1, -0.05) is 103 Å². The van der Waals surface area contributed by atoms with Crippen LogP contribution in [0.25, 0.3) is 75.2 Å². The molecule has 242 valence electrons. The number of rotatable bonds is 4. The van der Waals surface area contributed by atoms with Gasteiger partial charge >= 0.3 is 0 Å². The van der Waals surface area contributed by atoms with Crippen LogP contribution in [0.1, 0.15) is 29.0 Å². The third-order valence-corrected chi connectivity index (χ3v) is 11.3. The van der Waals surface area contributed by atoms with Crippen LogP contribution in [0.3, 0.4) is 0 Å². The first kappa shape index (κ1) is 28.6. The van der Waals surface area contributed by atoms with Crippen molar-refractivity contribution in [1.29, 1.82) is 0 Å². The molecular formula is C45H29N3O2S. The van der Waals surface area contributed by atoms with Crippen LogP contribution in [0, 0.1) is 0 Å². The summed E-state index contributed by atoms with van der Waals surface area (Å²) in [4.78, 5) is 5.29. The van der Waals surface area contributed by atoms with Crippen molar-refractivity contribution in [2.75, 3.05) is 0 Å². The number of benzene rings is 7. The summed E-state index contributed by atoms with van der Waals surface area (Å²) in [6.07, 6.45) is -0.447. The lowest BCUT2D eigenvalue weighted by Gasteiger charge is -2.32. The third-order valence-electron chi connectivity index (χ3n) is 10.2. The Labute approximate surface area is 296 Å². The zero-order valence-corrected chi connectivity index (χ0v) is 28.1. The number of aliphatic imine (C=N–C) groups is 1. The largest absolute Gasteiger partial charge is 0.456 e. The Balaban J connectivity index is 1.04. The minimum absolute atomic E-state index is 0.190. The Bertz CT molecular complexity index is 3010. The molecule has 0 bridgehead atoms. The Morgan fingerprint density at radius 3 is 2.20 bits per heavy atom. The van der Waals surface area contributed by atoms with Crippen LogP contribution in [-0.2, 0) is 0 Å². The highest BCUT2D eigenvalue weighted by Gasteiger charge is 2.29. The predicted octanol–water partition coefficient (Wildman–Crippen LogP) is 11.9. The number of nitrogens with one attached hydrogen (secondary N) is 2. The van der Waals surface area contributed by atoms with Crippen molar-refractivity contribution in [2.45, 2.75) is 12.3 Å². The van der Waals surface area contributed by atoms with Gasteiger partial charge in [0.1, 0.15) is 40.5 Å². The first-order valence-corrected chi connectivity index (χ1v) is 18.0. The number of fused-ring (bicyclic) bond motifs is 9. The van der Waals surface area contributed by atoms with Crippen molar-refractivity contribution in [2.24, 2.45) is 4.99 Å². The van der Waals surface area contributed by atoms with E-state index in [1.165, 1.54) is 25.7 Å². The van der Waals surface area contributed by atoms with Crippen LogP contribution in [0.2, 0.25) is 0 Å². The summed E-state index contributed by atoms with van der Waals surface area (Å²) >= 11 is 1.83. The fraction of sp³-hybridized carbons (Fsp3) is 0.0444. The number of hydrogen-bond acceptors (Lipinski definition) is 6. The van der Waals surface area contributed by atoms with Gasteiger partial charge in [0.05, 0.1) is 5.56 Å². The van der Waals surface area contributed by atoms with Gasteiger partial charge in [-0.2, -0.15) is 0 Å². The van der Waals surface area contributed by atoms with Gasteiger partial charge in [0, 0.05) is 41.7 Å². The zero-order valence-electron chi connectivity index (χ0n) is 27.3. The van der Waals surface area contributed by atoms with Gasteiger partial charge in [-0.15, -0.1) is 11.3 Å². The van der Waals surface area contributed by atoms with Gasteiger partial charge in [-0.25, -0.2) is 4.99 Å². The van der Waals surface area contributed by atoms with Crippen molar-refractivity contribution < 1.29 is 8.83 Å². The fourth-order valence-electron chi connectivity index (χ4n) is 7.77. The van der Waals surface area contributed by atoms with E-state index in [4.69, 9.17) is 13.8 Å². The quantitative estimate of drug-likeness (QED) is 0.195. The zero-order chi connectivity index (χ0) is 33.5. The van der Waals surface area contributed by atoms with Crippen LogP contribution < -0.4 is 10.6 Å². The predicted molar refractivity (Wildman–Crippen MR) is 210 cm³/mol. The van der Waals surface area contributed by atoms with Gasteiger partial charge in [0.2, 0.25) is 0 Å². The molecule has 3 aromatic heterocycles. The average molecular weight is 676 g/mol. The molecule has 2 unspecified atom stereocenters. The fourth-order valence-corrected chi connectivity index (χ4v) is 8.91. The molecule has 0 radical (unpaired) electrons. The summed E-state index contributed by atoms with van der Waals surface area (Å²) in [6, 6.07) is 53.2. The second-order valence-electron chi connectivity index (χ2n) is 13.2. The molecule has 2 atom stereocenters. The second kappa shape index (κ2) is 11.2. The molecule has 10 aromatic rings. The molecule has 0 amide bonds. The number of nitrogens with zero attached hydrogens (tertiary/aromatic N) is 1. The van der Waals surface area contributed by atoms with E-state index in [1.54, 1.807) is 0 Å². The van der Waals surface area contributed by atoms with Crippen molar-refractivity contribution in [3.05, 3.63) is 168 Å². The lowest BCUT2D eigenvalue weighted by molar-refractivity contribution is 0.411. The molecule has 2 N–H and O–H groups in total. The van der Waals surface area contributed by atoms with Crippen LogP contribution >= 0.6 is 11.3 Å². The highest BCUT2D eigenvalue weighted by Crippen LogP contribution is 2.40. The summed E-state index contributed by atoms with van der Waals surface area (Å²) in [5.74, 6) is 0.798. The summed E-state index contributed by atoms with van der Waals surface area (Å²) in [7, 11) is 0. The van der Waals surface area contributed by atoms with E-state index in [2.05, 4.69) is 144 Å². The molecule has 0 spiro atoms. The normalized spacial score (nSPS) is 16.4. The monoisotopic (exact) mass is 675 g/mol. The van der Waals surface area contributed by atoms with E-state index in [-0.39, 0.29) is 12.3 Å². The van der Waals surface area contributed by atoms with Gasteiger partial charge in [-0.05, 0) is 70.8 Å². The first-order valence-electron chi connectivity index (χ1n) is 17.2. The molecule has 6 heteroatoms. The number of thiophene rings is 1. The standard InChI is InChI=1S/C45H29N3O2S/c1-2-10-26(11-3-1)43-46-44(33-15-9-19-40-41(33)32-13-5-7-18-39(32)51-40)48-45(47-43)34-16-8-14-31-30-22-20-28(25-38(30)50-42(31)34)27-21-23-37-35(24-27)29-12-4-6-17-36(29)49-37/h1-25,43-44,46H,(H,47,48). The minimum atomic E-state index is -0.257. The lowest BCUT2D eigenvalue weighted by atomic mass is 10.0. The molecule has 4 heterocycles. The topological polar surface area (TPSA) is 62.7 Å². The summed E-state index contributed by atoms with van der Waals surface area (Å²) in [6.45, 7) is 0. The molecule has 5 nitrogen and oxygen atoms in total. The number of hydrogen-bond donors (Lipinski definition) is 2. The number of amidine groups is 1. The van der Waals surface area contributed by atoms with Crippen molar-refractivity contribution >= 4 is 81.2 Å². The van der Waals surface area contributed by atoms with E-state index in [0.29, 0.717) is 0 Å². The molecule has 0 saturated carbocycles. The Morgan fingerprint density at radius 2 is 1.25 bits per heavy atom. The number of para-hydroxylation sites is 2. The third kappa shape index (κ3) is 4.54. The molecule has 0 fully saturated rings. The van der Waals surface area contributed by atoms with Crippen LogP contribution in [0.15, 0.2) is 165 Å². The Hall–Kier alpha value is -6.21. The molecule has 1 aliphatic heterocycles. The lowest BCUT2D eigenvalue weighted by Crippen LogP contribution is -2.45. The molecule has 11 rings (SSSR count). The van der Waals surface area contributed by atoms with Crippen molar-refractivity contribution in [3.8, 4) is 11.1 Å². The maximum Gasteiger partial charge on any atom is 0.146 e. The van der Waals surface area contributed by atoms with Crippen LogP contribution in [-0.4, -0.2) is 5.84 Å². The smallest absolute Gasteiger partial charge is 0.146 e. The van der Waals surface area contributed by atoms with E-state index in [9.17, 15) is 0 Å². The second-order valence-corrected chi connectivity index (χ2v) is 14.2. The molecule has 1 aliphatic rings. The SMILES string of the molecule is c1ccc(C2N=C(c3cccc4c3oc3cc(-c5ccc6oc7ccccc7c6c5)ccc34)NC(c3cccc4sc5ccccc5c34)N2)cc1. The van der Waals surface area contributed by atoms with E-state index >= 15 is 0 Å². The molecule has 0 aliphatic carbocycles. The van der Waals surface area contributed by atoms with Gasteiger partial charge in [0.15, 0.2) is 0 Å². The van der Waals surface area contributed by atoms with Crippen LogP contribution in [0.4, 0.5) is 0 Å². The maximum absolute atomic E-state index is 6.78. The van der Waals surface area contributed by atoms with Crippen molar-refractivity contribution in [1.82, 2.24) is 10.6 Å². The summed E-state index contributed by atoms with van der Waals surface area (Å²) in [5, 5.41) is 14.5. The van der Waals surface area contributed by atoms with E-state index in [0.717, 1.165) is 72.0 Å². The van der Waals surface area contributed by atoms with Crippen LogP contribution in [0.5, 0.6) is 0 Å². The average Bonchev–Trinajstić information content (AvgIpc) is 3.88. The van der Waals surface area contributed by atoms with E-state index < -0.39 is 0 Å². The molecule has 51 heavy (non-hydrogen) atoms. The Kier molecular flexibility index (Phi) is 6.26. The highest BCUT2D eigenvalue weighted by atomic mass is 32.1. The molecule has 0 saturated heterocycles. The molecule has 7 aromatic carbocycles. The van der Waals surface area contributed by atoms with Gasteiger partial charge < -0.3 is 14.2 Å². The summed E-state index contributed by atoms with van der Waals surface area (Å²) in [5.41, 5.74) is 8.89. The number of furan rings is 2. The summed E-state index contributed by atoms with van der Waals surface area (Å²) < 4.78 is 15.4. The van der Waals surface area contributed by atoms with E-state index in [1.807, 2.05) is 29.5 Å². The van der Waals surface area contributed by atoms with Gasteiger partial charge in [-0.3, -0.25) is 5.32 Å². The van der Waals surface area contributed by atoms with Gasteiger partial charge in [0.25, 0.3) is 0 Å². The highest BCUT2D eigenvalue weighted by molar-refractivity contribution is 7.25.